The van der Waals surface area contributed by atoms with Crippen LogP contribution in [0.25, 0.3) is 0 Å². The lowest BCUT2D eigenvalue weighted by molar-refractivity contribution is 0.0950. The van der Waals surface area contributed by atoms with Crippen molar-refractivity contribution in [1.82, 2.24) is 4.90 Å². The Morgan fingerprint density at radius 1 is 1.64 bits per heavy atom. The fourth-order valence-corrected chi connectivity index (χ4v) is 2.37. The van der Waals surface area contributed by atoms with Crippen molar-refractivity contribution < 1.29 is 0 Å². The van der Waals surface area contributed by atoms with Crippen LogP contribution in [-0.2, 0) is 0 Å². The minimum Gasteiger partial charge on any atom is -0.328 e. The molecule has 0 aromatic carbocycles. The van der Waals surface area contributed by atoms with E-state index in [1.807, 2.05) is 0 Å². The SMILES string of the molecule is CCC(CC#N)N1CCC(N)CC1C. The van der Waals surface area contributed by atoms with Crippen molar-refractivity contribution in [2.75, 3.05) is 6.54 Å². The summed E-state index contributed by atoms with van der Waals surface area (Å²) in [5.41, 5.74) is 5.91. The Hall–Kier alpha value is -0.590. The second-order valence-corrected chi connectivity index (χ2v) is 4.30. The maximum Gasteiger partial charge on any atom is 0.0638 e. The normalized spacial score (nSPS) is 31.0. The van der Waals surface area contributed by atoms with Gasteiger partial charge in [0.15, 0.2) is 0 Å². The number of likely N-dealkylation sites (tertiary alicyclic amines) is 1. The summed E-state index contributed by atoms with van der Waals surface area (Å²) in [5, 5.41) is 8.74. The smallest absolute Gasteiger partial charge is 0.0638 e. The number of piperidine rings is 1. The number of rotatable bonds is 3. The molecule has 3 unspecified atom stereocenters. The fourth-order valence-electron chi connectivity index (χ4n) is 2.37. The van der Waals surface area contributed by atoms with Crippen molar-refractivity contribution in [3.63, 3.8) is 0 Å². The lowest BCUT2D eigenvalue weighted by Crippen LogP contribution is -2.49. The van der Waals surface area contributed by atoms with Gasteiger partial charge in [-0.2, -0.15) is 5.26 Å². The third-order valence-corrected chi connectivity index (χ3v) is 3.24. The van der Waals surface area contributed by atoms with Gasteiger partial charge < -0.3 is 5.73 Å². The quantitative estimate of drug-likeness (QED) is 0.742. The van der Waals surface area contributed by atoms with Gasteiger partial charge in [-0.25, -0.2) is 0 Å². The summed E-state index contributed by atoms with van der Waals surface area (Å²) < 4.78 is 0. The molecule has 1 heterocycles. The van der Waals surface area contributed by atoms with Gasteiger partial charge in [0.25, 0.3) is 0 Å². The van der Waals surface area contributed by atoms with E-state index in [1.165, 1.54) is 0 Å². The van der Waals surface area contributed by atoms with Crippen LogP contribution in [0.3, 0.4) is 0 Å². The average Bonchev–Trinajstić information content (AvgIpc) is 2.15. The summed E-state index contributed by atoms with van der Waals surface area (Å²) in [6.45, 7) is 5.44. The van der Waals surface area contributed by atoms with Crippen molar-refractivity contribution in [3.05, 3.63) is 0 Å². The molecule has 0 saturated carbocycles. The number of hydrogen-bond donors (Lipinski definition) is 1. The number of nitrogens with zero attached hydrogens (tertiary/aromatic N) is 2. The van der Waals surface area contributed by atoms with Crippen LogP contribution in [-0.4, -0.2) is 29.6 Å². The summed E-state index contributed by atoms with van der Waals surface area (Å²) in [7, 11) is 0. The van der Waals surface area contributed by atoms with Gasteiger partial charge >= 0.3 is 0 Å². The molecular formula is C11H21N3. The van der Waals surface area contributed by atoms with E-state index in [9.17, 15) is 0 Å². The highest BCUT2D eigenvalue weighted by Gasteiger charge is 2.27. The molecule has 0 aromatic heterocycles. The zero-order chi connectivity index (χ0) is 10.6. The predicted molar refractivity (Wildman–Crippen MR) is 57.7 cm³/mol. The minimum atomic E-state index is 0.362. The van der Waals surface area contributed by atoms with Crippen LogP contribution in [0.2, 0.25) is 0 Å². The molecule has 0 radical (unpaired) electrons. The largest absolute Gasteiger partial charge is 0.328 e. The topological polar surface area (TPSA) is 53.0 Å². The summed E-state index contributed by atoms with van der Waals surface area (Å²) >= 11 is 0. The maximum atomic E-state index is 8.74. The molecule has 14 heavy (non-hydrogen) atoms. The van der Waals surface area contributed by atoms with Gasteiger partial charge in [-0.15, -0.1) is 0 Å². The fraction of sp³-hybridized carbons (Fsp3) is 0.909. The Labute approximate surface area is 86.9 Å². The van der Waals surface area contributed by atoms with Gasteiger partial charge in [0.1, 0.15) is 0 Å². The molecule has 0 spiro atoms. The molecule has 80 valence electrons. The van der Waals surface area contributed by atoms with Crippen molar-refractivity contribution in [2.45, 2.75) is 57.7 Å². The standard InChI is InChI=1S/C11H21N3/c1-3-11(4-6-12)14-7-5-10(13)8-9(14)2/h9-11H,3-5,7-8,13H2,1-2H3. The van der Waals surface area contributed by atoms with E-state index in [0.717, 1.165) is 25.8 Å². The van der Waals surface area contributed by atoms with Crippen molar-refractivity contribution >= 4 is 0 Å². The van der Waals surface area contributed by atoms with Crippen LogP contribution in [0.15, 0.2) is 0 Å². The van der Waals surface area contributed by atoms with Crippen LogP contribution >= 0.6 is 0 Å². The molecule has 1 rings (SSSR count). The molecule has 1 aliphatic heterocycles. The molecule has 0 aromatic rings. The Morgan fingerprint density at radius 3 is 2.86 bits per heavy atom. The third kappa shape index (κ3) is 2.70. The Kier molecular flexibility index (Phi) is 4.37. The molecule has 3 heteroatoms. The van der Waals surface area contributed by atoms with Crippen LogP contribution in [0.4, 0.5) is 0 Å². The van der Waals surface area contributed by atoms with E-state index in [2.05, 4.69) is 24.8 Å². The number of nitrogens with two attached hydrogens (primary N) is 1. The van der Waals surface area contributed by atoms with Crippen LogP contribution < -0.4 is 5.73 Å². The Balaban J connectivity index is 2.53. The molecule has 1 fully saturated rings. The molecule has 1 aliphatic rings. The molecule has 2 N–H and O–H groups in total. The number of hydrogen-bond acceptors (Lipinski definition) is 3. The molecule has 0 amide bonds. The van der Waals surface area contributed by atoms with Gasteiger partial charge in [-0.3, -0.25) is 4.90 Å². The van der Waals surface area contributed by atoms with Gasteiger partial charge in [0.05, 0.1) is 12.5 Å². The van der Waals surface area contributed by atoms with E-state index in [4.69, 9.17) is 11.0 Å². The molecule has 3 nitrogen and oxygen atoms in total. The highest BCUT2D eigenvalue weighted by molar-refractivity contribution is 4.89. The van der Waals surface area contributed by atoms with Gasteiger partial charge in [0.2, 0.25) is 0 Å². The van der Waals surface area contributed by atoms with Crippen molar-refractivity contribution in [2.24, 2.45) is 5.73 Å². The Morgan fingerprint density at radius 2 is 2.36 bits per heavy atom. The lowest BCUT2D eigenvalue weighted by Gasteiger charge is -2.40. The van der Waals surface area contributed by atoms with Crippen molar-refractivity contribution in [1.29, 1.82) is 5.26 Å². The van der Waals surface area contributed by atoms with Gasteiger partial charge in [0, 0.05) is 24.7 Å². The van der Waals surface area contributed by atoms with E-state index >= 15 is 0 Å². The third-order valence-electron chi connectivity index (χ3n) is 3.24. The molecular weight excluding hydrogens is 174 g/mol. The summed E-state index contributed by atoms with van der Waals surface area (Å²) in [6.07, 6.45) is 3.86. The highest BCUT2D eigenvalue weighted by Crippen LogP contribution is 2.21. The predicted octanol–water partition coefficient (Wildman–Crippen LogP) is 1.49. The number of nitriles is 1. The first-order valence-corrected chi connectivity index (χ1v) is 5.57. The minimum absolute atomic E-state index is 0.362. The molecule has 0 bridgehead atoms. The second-order valence-electron chi connectivity index (χ2n) is 4.30. The molecule has 3 atom stereocenters. The van der Waals surface area contributed by atoms with E-state index in [-0.39, 0.29) is 0 Å². The van der Waals surface area contributed by atoms with Crippen LogP contribution in [0.5, 0.6) is 0 Å². The first-order chi connectivity index (χ1) is 6.69. The second kappa shape index (κ2) is 5.33. The summed E-state index contributed by atoms with van der Waals surface area (Å²) in [4.78, 5) is 2.45. The maximum absolute atomic E-state index is 8.74. The lowest BCUT2D eigenvalue weighted by atomic mass is 9.95. The average molecular weight is 195 g/mol. The molecule has 1 saturated heterocycles. The first-order valence-electron chi connectivity index (χ1n) is 5.57. The van der Waals surface area contributed by atoms with E-state index in [0.29, 0.717) is 24.5 Å². The van der Waals surface area contributed by atoms with Gasteiger partial charge in [-0.05, 0) is 26.2 Å². The van der Waals surface area contributed by atoms with E-state index in [1.54, 1.807) is 0 Å². The van der Waals surface area contributed by atoms with Gasteiger partial charge in [-0.1, -0.05) is 6.92 Å². The zero-order valence-corrected chi connectivity index (χ0v) is 9.24. The zero-order valence-electron chi connectivity index (χ0n) is 9.24. The molecule has 0 aliphatic carbocycles. The monoisotopic (exact) mass is 195 g/mol. The Bertz CT molecular complexity index is 209. The summed E-state index contributed by atoms with van der Waals surface area (Å²) in [5.74, 6) is 0. The summed E-state index contributed by atoms with van der Waals surface area (Å²) in [6, 6.07) is 3.61. The van der Waals surface area contributed by atoms with Crippen LogP contribution in [0, 0.1) is 11.3 Å². The van der Waals surface area contributed by atoms with Crippen molar-refractivity contribution in [3.8, 4) is 6.07 Å². The van der Waals surface area contributed by atoms with Crippen LogP contribution in [0.1, 0.15) is 39.5 Å². The van der Waals surface area contributed by atoms with E-state index < -0.39 is 0 Å². The highest BCUT2D eigenvalue weighted by atomic mass is 15.2. The first kappa shape index (κ1) is 11.5.